The molecule has 0 fully saturated rings. The van der Waals surface area contributed by atoms with Crippen LogP contribution in [0.4, 0.5) is 14.5 Å². The van der Waals surface area contributed by atoms with E-state index < -0.39 is 33.3 Å². The summed E-state index contributed by atoms with van der Waals surface area (Å²) in [5, 5.41) is 2.38. The summed E-state index contributed by atoms with van der Waals surface area (Å²) >= 11 is 0.928. The zero-order chi connectivity index (χ0) is 16.5. The van der Waals surface area contributed by atoms with Gasteiger partial charge in [0.15, 0.2) is 21.5 Å². The molecule has 118 valence electrons. The molecule has 0 spiro atoms. The van der Waals surface area contributed by atoms with Crippen molar-refractivity contribution in [3.63, 3.8) is 0 Å². The normalized spacial score (nSPS) is 11.5. The third kappa shape index (κ3) is 3.32. The van der Waals surface area contributed by atoms with Crippen molar-refractivity contribution in [2.45, 2.75) is 11.1 Å². The molecule has 0 atom stereocenters. The number of sulfone groups is 1. The van der Waals surface area contributed by atoms with Gasteiger partial charge >= 0.3 is 0 Å². The van der Waals surface area contributed by atoms with Gasteiger partial charge in [-0.25, -0.2) is 17.2 Å². The summed E-state index contributed by atoms with van der Waals surface area (Å²) in [5.41, 5.74) is 5.38. The lowest BCUT2D eigenvalue weighted by Gasteiger charge is -2.05. The number of anilines is 1. The van der Waals surface area contributed by atoms with Gasteiger partial charge in [-0.05, 0) is 25.1 Å². The maximum absolute atomic E-state index is 13.1. The van der Waals surface area contributed by atoms with Crippen LogP contribution in [-0.2, 0) is 9.84 Å². The lowest BCUT2D eigenvalue weighted by Crippen LogP contribution is -2.14. The first-order chi connectivity index (χ1) is 10.2. The topological polar surface area (TPSA) is 89.3 Å². The summed E-state index contributed by atoms with van der Waals surface area (Å²) in [6, 6.07) is 4.15. The monoisotopic (exact) mass is 346 g/mol. The summed E-state index contributed by atoms with van der Waals surface area (Å²) in [5.74, 6) is -3.29. The molecule has 0 saturated heterocycles. The molecule has 0 aliphatic rings. The van der Waals surface area contributed by atoms with Crippen LogP contribution in [-0.4, -0.2) is 20.2 Å². The van der Waals surface area contributed by atoms with Crippen molar-refractivity contribution in [2.24, 2.45) is 5.73 Å². The van der Waals surface area contributed by atoms with Crippen LogP contribution in [0.2, 0.25) is 0 Å². The minimum absolute atomic E-state index is 0.0112. The quantitative estimate of drug-likeness (QED) is 0.889. The number of halogens is 2. The first-order valence-corrected chi connectivity index (χ1v) is 8.51. The highest BCUT2D eigenvalue weighted by Gasteiger charge is 2.21. The van der Waals surface area contributed by atoms with E-state index in [4.69, 9.17) is 5.73 Å². The number of carbonyl (C=O) groups is 1. The molecule has 2 rings (SSSR count). The van der Waals surface area contributed by atoms with Crippen LogP contribution in [0.25, 0.3) is 0 Å². The van der Waals surface area contributed by atoms with Crippen LogP contribution in [0.3, 0.4) is 0 Å². The number of thiophene rings is 1. The molecule has 9 heteroatoms. The third-order valence-corrected chi connectivity index (χ3v) is 5.87. The number of hydrogen-bond acceptors (Lipinski definition) is 5. The SMILES string of the molecule is Cc1sc(S(=O)(=O)CN)cc1C(=O)Nc1ccc(F)c(F)c1. The first-order valence-electron chi connectivity index (χ1n) is 6.04. The van der Waals surface area contributed by atoms with Crippen molar-refractivity contribution in [2.75, 3.05) is 11.2 Å². The summed E-state index contributed by atoms with van der Waals surface area (Å²) < 4.78 is 49.3. The second-order valence-electron chi connectivity index (χ2n) is 4.40. The molecule has 0 aliphatic carbocycles. The molecule has 0 saturated carbocycles. The van der Waals surface area contributed by atoms with Gasteiger partial charge in [0.25, 0.3) is 5.91 Å². The standard InChI is InChI=1S/C13H12F2N2O3S2/c1-7-9(5-12(21-7)22(19,20)6-16)13(18)17-8-2-3-10(14)11(15)4-8/h2-5H,6,16H2,1H3,(H,17,18). The van der Waals surface area contributed by atoms with Crippen molar-refractivity contribution >= 4 is 32.8 Å². The molecule has 0 bridgehead atoms. The van der Waals surface area contributed by atoms with Crippen molar-refractivity contribution in [3.05, 3.63) is 46.3 Å². The number of nitrogens with two attached hydrogens (primary N) is 1. The van der Waals surface area contributed by atoms with E-state index in [0.717, 1.165) is 23.5 Å². The average Bonchev–Trinajstić information content (AvgIpc) is 2.86. The van der Waals surface area contributed by atoms with Gasteiger partial charge in [0.2, 0.25) is 0 Å². The summed E-state index contributed by atoms with van der Waals surface area (Å²) in [6.07, 6.45) is 0. The van der Waals surface area contributed by atoms with E-state index in [9.17, 15) is 22.0 Å². The van der Waals surface area contributed by atoms with Crippen molar-refractivity contribution in [1.29, 1.82) is 0 Å². The lowest BCUT2D eigenvalue weighted by atomic mass is 10.2. The Morgan fingerprint density at radius 1 is 1.27 bits per heavy atom. The fourth-order valence-electron chi connectivity index (χ4n) is 1.69. The van der Waals surface area contributed by atoms with Crippen LogP contribution in [0, 0.1) is 18.6 Å². The predicted molar refractivity (Wildman–Crippen MR) is 79.6 cm³/mol. The molecular formula is C13H12F2N2O3S2. The lowest BCUT2D eigenvalue weighted by molar-refractivity contribution is 0.102. The van der Waals surface area contributed by atoms with Crippen LogP contribution < -0.4 is 11.1 Å². The fourth-order valence-corrected chi connectivity index (χ4v) is 3.98. The highest BCUT2D eigenvalue weighted by Crippen LogP contribution is 2.27. The van der Waals surface area contributed by atoms with Gasteiger partial charge in [0.1, 0.15) is 10.1 Å². The molecule has 0 unspecified atom stereocenters. The summed E-state index contributed by atoms with van der Waals surface area (Å²) in [7, 11) is -3.61. The van der Waals surface area contributed by atoms with Gasteiger partial charge in [0, 0.05) is 16.6 Å². The minimum Gasteiger partial charge on any atom is -0.322 e. The zero-order valence-corrected chi connectivity index (χ0v) is 13.0. The number of carbonyl (C=O) groups excluding carboxylic acids is 1. The molecule has 1 aromatic heterocycles. The molecule has 1 aromatic carbocycles. The zero-order valence-electron chi connectivity index (χ0n) is 11.4. The maximum atomic E-state index is 13.1. The van der Waals surface area contributed by atoms with Gasteiger partial charge in [0.05, 0.1) is 5.56 Å². The van der Waals surface area contributed by atoms with E-state index in [1.54, 1.807) is 6.92 Å². The molecule has 0 aliphatic heterocycles. The molecular weight excluding hydrogens is 334 g/mol. The summed E-state index contributed by atoms with van der Waals surface area (Å²) in [6.45, 7) is 1.58. The second kappa shape index (κ2) is 6.11. The highest BCUT2D eigenvalue weighted by molar-refractivity contribution is 7.93. The van der Waals surface area contributed by atoms with Crippen LogP contribution in [0.5, 0.6) is 0 Å². The second-order valence-corrected chi connectivity index (χ2v) is 7.92. The van der Waals surface area contributed by atoms with Crippen molar-refractivity contribution in [3.8, 4) is 0 Å². The Kier molecular flexibility index (Phi) is 4.59. The van der Waals surface area contributed by atoms with Crippen molar-refractivity contribution < 1.29 is 22.0 Å². The Labute approximate surface area is 129 Å². The molecule has 22 heavy (non-hydrogen) atoms. The van der Waals surface area contributed by atoms with Crippen LogP contribution >= 0.6 is 11.3 Å². The van der Waals surface area contributed by atoms with Gasteiger partial charge in [-0.1, -0.05) is 0 Å². The number of nitrogens with one attached hydrogen (secondary N) is 1. The molecule has 0 radical (unpaired) electrons. The molecule has 1 heterocycles. The minimum atomic E-state index is -3.61. The highest BCUT2D eigenvalue weighted by atomic mass is 32.2. The van der Waals surface area contributed by atoms with Gasteiger partial charge < -0.3 is 11.1 Å². The van der Waals surface area contributed by atoms with E-state index in [0.29, 0.717) is 4.88 Å². The largest absolute Gasteiger partial charge is 0.322 e. The number of aryl methyl sites for hydroxylation is 1. The Morgan fingerprint density at radius 3 is 2.55 bits per heavy atom. The van der Waals surface area contributed by atoms with Gasteiger partial charge in [-0.3, -0.25) is 4.79 Å². The van der Waals surface area contributed by atoms with Crippen molar-refractivity contribution in [1.82, 2.24) is 0 Å². The Bertz CT molecular complexity index is 832. The summed E-state index contributed by atoms with van der Waals surface area (Å²) in [4.78, 5) is 12.6. The number of hydrogen-bond donors (Lipinski definition) is 2. The van der Waals surface area contributed by atoms with Gasteiger partial charge in [-0.15, -0.1) is 11.3 Å². The molecule has 1 amide bonds. The smallest absolute Gasteiger partial charge is 0.256 e. The van der Waals surface area contributed by atoms with E-state index in [1.807, 2.05) is 0 Å². The fraction of sp³-hybridized carbons (Fsp3) is 0.154. The van der Waals surface area contributed by atoms with E-state index >= 15 is 0 Å². The van der Waals surface area contributed by atoms with E-state index in [2.05, 4.69) is 5.32 Å². The van der Waals surface area contributed by atoms with Gasteiger partial charge in [-0.2, -0.15) is 0 Å². The third-order valence-electron chi connectivity index (χ3n) is 2.84. The Balaban J connectivity index is 2.28. The molecule has 5 nitrogen and oxygen atoms in total. The number of benzene rings is 1. The maximum Gasteiger partial charge on any atom is 0.256 e. The average molecular weight is 346 g/mol. The number of rotatable bonds is 4. The Hall–Kier alpha value is -1.84. The van der Waals surface area contributed by atoms with E-state index in [-0.39, 0.29) is 15.5 Å². The molecule has 3 N–H and O–H groups in total. The first kappa shape index (κ1) is 16.5. The van der Waals surface area contributed by atoms with Crippen LogP contribution in [0.1, 0.15) is 15.2 Å². The Morgan fingerprint density at radius 2 is 1.95 bits per heavy atom. The predicted octanol–water partition coefficient (Wildman–Crippen LogP) is 2.28. The number of amides is 1. The van der Waals surface area contributed by atoms with E-state index in [1.165, 1.54) is 12.1 Å². The van der Waals surface area contributed by atoms with Crippen LogP contribution in [0.15, 0.2) is 28.5 Å². The molecule has 2 aromatic rings.